The molecule has 0 rings (SSSR count). The molecule has 0 radical (unpaired) electrons. The van der Waals surface area contributed by atoms with Gasteiger partial charge in [0.25, 0.3) is 0 Å². The van der Waals surface area contributed by atoms with Crippen LogP contribution in [0, 0.1) is 0 Å². The van der Waals surface area contributed by atoms with E-state index in [1.807, 2.05) is 6.08 Å². The Morgan fingerprint density at radius 3 is 2.00 bits per heavy atom. The fourth-order valence-electron chi connectivity index (χ4n) is 1.19. The first-order valence-corrected chi connectivity index (χ1v) is 5.65. The summed E-state index contributed by atoms with van der Waals surface area (Å²) in [7, 11) is 0. The third-order valence-electron chi connectivity index (χ3n) is 1.93. The zero-order chi connectivity index (χ0) is 10.9. The smallest absolute Gasteiger partial charge is 0.0387 e. The minimum atomic E-state index is -1.16. The summed E-state index contributed by atoms with van der Waals surface area (Å²) in [4.78, 5) is 0. The van der Waals surface area contributed by atoms with Crippen LogP contribution in [0.25, 0.3) is 0 Å². The van der Waals surface area contributed by atoms with Crippen molar-refractivity contribution in [2.24, 2.45) is 0 Å². The SMILES string of the molecule is [2H]C([2H])(Br)CCCCCCCCC=C. The molecule has 0 aromatic rings. The first-order valence-electron chi connectivity index (χ1n) is 5.86. The zero-order valence-electron chi connectivity index (χ0n) is 9.82. The molecule has 0 aromatic heterocycles. The van der Waals surface area contributed by atoms with Crippen LogP contribution in [0.4, 0.5) is 0 Å². The van der Waals surface area contributed by atoms with Crippen molar-refractivity contribution in [3.63, 3.8) is 0 Å². The highest BCUT2D eigenvalue weighted by atomic mass is 79.9. The van der Waals surface area contributed by atoms with Crippen LogP contribution in [-0.4, -0.2) is 5.28 Å². The lowest BCUT2D eigenvalue weighted by molar-refractivity contribution is 0.594. The maximum atomic E-state index is 7.28. The van der Waals surface area contributed by atoms with Crippen molar-refractivity contribution in [2.75, 3.05) is 5.28 Å². The third kappa shape index (κ3) is 10.2. The molecular weight excluding hydrogens is 212 g/mol. The van der Waals surface area contributed by atoms with Gasteiger partial charge in [-0.25, -0.2) is 0 Å². The normalized spacial score (nSPS) is 13.8. The van der Waals surface area contributed by atoms with Crippen molar-refractivity contribution in [1.82, 2.24) is 0 Å². The molecule has 0 atom stereocenters. The molecule has 0 fully saturated rings. The lowest BCUT2D eigenvalue weighted by atomic mass is 10.1. The summed E-state index contributed by atoms with van der Waals surface area (Å²) in [5.74, 6) is 0. The highest BCUT2D eigenvalue weighted by Gasteiger charge is 1.89. The van der Waals surface area contributed by atoms with E-state index in [2.05, 4.69) is 22.5 Å². The van der Waals surface area contributed by atoms with E-state index in [-0.39, 0.29) is 0 Å². The summed E-state index contributed by atoms with van der Waals surface area (Å²) in [5, 5.41) is -1.16. The van der Waals surface area contributed by atoms with Gasteiger partial charge in [0, 0.05) is 8.02 Å². The lowest BCUT2D eigenvalue weighted by Crippen LogP contribution is -1.80. The summed E-state index contributed by atoms with van der Waals surface area (Å²) in [6.07, 6.45) is 10.9. The van der Waals surface area contributed by atoms with Crippen molar-refractivity contribution in [3.05, 3.63) is 12.7 Å². The Hall–Kier alpha value is 0.220. The molecule has 12 heavy (non-hydrogen) atoms. The number of allylic oxidation sites excluding steroid dienone is 1. The molecule has 1 heteroatoms. The molecule has 0 aromatic carbocycles. The topological polar surface area (TPSA) is 0 Å². The van der Waals surface area contributed by atoms with E-state index in [4.69, 9.17) is 2.74 Å². The zero-order valence-corrected chi connectivity index (χ0v) is 9.41. The van der Waals surface area contributed by atoms with Gasteiger partial charge in [-0.2, -0.15) is 0 Å². The van der Waals surface area contributed by atoms with E-state index in [0.717, 1.165) is 19.3 Å². The van der Waals surface area contributed by atoms with Crippen molar-refractivity contribution in [1.29, 1.82) is 0 Å². The van der Waals surface area contributed by atoms with Crippen molar-refractivity contribution >= 4 is 15.9 Å². The summed E-state index contributed by atoms with van der Waals surface area (Å²) in [5.41, 5.74) is 0. The standard InChI is InChI=1S/C11H21Br/c1-2-3-4-5-6-7-8-9-10-11-12/h2H,1,3-11H2/i11D2. The van der Waals surface area contributed by atoms with E-state index in [9.17, 15) is 0 Å². The monoisotopic (exact) mass is 234 g/mol. The maximum Gasteiger partial charge on any atom is 0.0387 e. The van der Waals surface area contributed by atoms with Crippen LogP contribution in [-0.2, 0) is 0 Å². The van der Waals surface area contributed by atoms with Gasteiger partial charge in [-0.3, -0.25) is 0 Å². The van der Waals surface area contributed by atoms with Gasteiger partial charge in [-0.1, -0.05) is 54.1 Å². The molecule has 0 spiro atoms. The van der Waals surface area contributed by atoms with Gasteiger partial charge < -0.3 is 0 Å². The Morgan fingerprint density at radius 2 is 1.50 bits per heavy atom. The highest BCUT2D eigenvalue weighted by molar-refractivity contribution is 9.09. The fourth-order valence-corrected chi connectivity index (χ4v) is 1.47. The number of halogens is 1. The van der Waals surface area contributed by atoms with Crippen LogP contribution in [0.3, 0.4) is 0 Å². The molecule has 0 nitrogen and oxygen atoms in total. The van der Waals surface area contributed by atoms with Gasteiger partial charge in [-0.15, -0.1) is 6.58 Å². The van der Waals surface area contributed by atoms with E-state index < -0.39 is 5.28 Å². The van der Waals surface area contributed by atoms with Gasteiger partial charge >= 0.3 is 0 Å². The molecule has 0 unspecified atom stereocenters. The molecule has 0 saturated heterocycles. The predicted molar refractivity (Wildman–Crippen MR) is 60.9 cm³/mol. The van der Waals surface area contributed by atoms with Gasteiger partial charge in [-0.05, 0) is 19.3 Å². The number of alkyl halides is 1. The average Bonchev–Trinajstić information content (AvgIpc) is 2.08. The van der Waals surface area contributed by atoms with E-state index in [1.54, 1.807) is 0 Å². The molecule has 0 bridgehead atoms. The van der Waals surface area contributed by atoms with E-state index in [0.29, 0.717) is 6.42 Å². The molecule has 0 aliphatic heterocycles. The van der Waals surface area contributed by atoms with Gasteiger partial charge in [0.15, 0.2) is 0 Å². The maximum absolute atomic E-state index is 7.28. The predicted octanol–water partition coefficient (Wildman–Crippen LogP) is 4.69. The van der Waals surface area contributed by atoms with Gasteiger partial charge in [0.05, 0.1) is 0 Å². The van der Waals surface area contributed by atoms with E-state index >= 15 is 0 Å². The molecule has 0 aliphatic carbocycles. The van der Waals surface area contributed by atoms with Crippen molar-refractivity contribution in [3.8, 4) is 0 Å². The average molecular weight is 235 g/mol. The minimum Gasteiger partial charge on any atom is -0.103 e. The van der Waals surface area contributed by atoms with Crippen LogP contribution in [0.5, 0.6) is 0 Å². The van der Waals surface area contributed by atoms with Crippen molar-refractivity contribution in [2.45, 2.75) is 51.4 Å². The lowest BCUT2D eigenvalue weighted by Gasteiger charge is -1.98. The number of hydrogen-bond acceptors (Lipinski definition) is 0. The van der Waals surface area contributed by atoms with Crippen LogP contribution < -0.4 is 0 Å². The molecule has 72 valence electrons. The summed E-state index contributed by atoms with van der Waals surface area (Å²) >= 11 is 3.00. The summed E-state index contributed by atoms with van der Waals surface area (Å²) in [6, 6.07) is 0. The molecule has 0 saturated carbocycles. The first kappa shape index (κ1) is 8.80. The minimum absolute atomic E-state index is 0.625. The van der Waals surface area contributed by atoms with Gasteiger partial charge in [0.1, 0.15) is 0 Å². The molecule has 0 aliphatic rings. The Bertz CT molecular complexity index is 141. The summed E-state index contributed by atoms with van der Waals surface area (Å²) < 4.78 is 14.6. The van der Waals surface area contributed by atoms with Crippen molar-refractivity contribution < 1.29 is 2.74 Å². The molecule has 0 amide bonds. The Morgan fingerprint density at radius 1 is 1.00 bits per heavy atom. The van der Waals surface area contributed by atoms with Crippen LogP contribution in [0.15, 0.2) is 12.7 Å². The molecule has 0 heterocycles. The Kier molecular flexibility index (Phi) is 8.23. The number of unbranched alkanes of at least 4 members (excludes halogenated alkanes) is 6. The first-order chi connectivity index (χ1) is 6.56. The van der Waals surface area contributed by atoms with Crippen LogP contribution in [0.1, 0.15) is 54.1 Å². The van der Waals surface area contributed by atoms with Gasteiger partial charge in [0.2, 0.25) is 0 Å². The Balaban J connectivity index is 3.03. The number of rotatable bonds is 9. The summed E-state index contributed by atoms with van der Waals surface area (Å²) in [6.45, 7) is 3.69. The largest absolute Gasteiger partial charge is 0.103 e. The second-order valence-corrected chi connectivity index (χ2v) is 3.64. The fraction of sp³-hybridized carbons (Fsp3) is 0.818. The Labute approximate surface area is 88.4 Å². The molecular formula is C11H21Br. The highest BCUT2D eigenvalue weighted by Crippen LogP contribution is 2.09. The van der Waals surface area contributed by atoms with Crippen LogP contribution in [0.2, 0.25) is 0 Å². The third-order valence-corrected chi connectivity index (χ3v) is 2.33. The quantitative estimate of drug-likeness (QED) is 0.309. The van der Waals surface area contributed by atoms with Crippen LogP contribution >= 0.6 is 15.9 Å². The number of hydrogen-bond donors (Lipinski definition) is 0. The van der Waals surface area contributed by atoms with E-state index in [1.165, 1.54) is 25.7 Å². The second-order valence-electron chi connectivity index (χ2n) is 3.08. The second kappa shape index (κ2) is 11.2. The molecule has 0 N–H and O–H groups in total.